The van der Waals surface area contributed by atoms with Crippen LogP contribution in [0.25, 0.3) is 0 Å². The Morgan fingerprint density at radius 1 is 1.29 bits per heavy atom. The lowest BCUT2D eigenvalue weighted by Gasteiger charge is -2.03. The molecular weight excluding hydrogens is 302 g/mol. The molecule has 0 amide bonds. The Kier molecular flexibility index (Phi) is 3.92. The van der Waals surface area contributed by atoms with Gasteiger partial charge < -0.3 is 0 Å². The first-order valence-electron chi connectivity index (χ1n) is 5.05. The molecule has 86 valence electrons. The van der Waals surface area contributed by atoms with Crippen LogP contribution < -0.4 is 0 Å². The van der Waals surface area contributed by atoms with Gasteiger partial charge in [0.2, 0.25) is 0 Å². The molecule has 17 heavy (non-hydrogen) atoms. The van der Waals surface area contributed by atoms with Gasteiger partial charge in [0.05, 0.1) is 5.02 Å². The molecule has 0 aliphatic rings. The summed E-state index contributed by atoms with van der Waals surface area (Å²) in [6, 6.07) is 11.0. The van der Waals surface area contributed by atoms with Crippen molar-refractivity contribution < 1.29 is 4.79 Å². The molecule has 0 saturated carbocycles. The maximum Gasteiger partial charge on any atom is 0.187 e. The van der Waals surface area contributed by atoms with Crippen molar-refractivity contribution in [2.24, 2.45) is 0 Å². The van der Waals surface area contributed by atoms with E-state index in [0.29, 0.717) is 17.1 Å². The smallest absolute Gasteiger partial charge is 0.187 e. The highest BCUT2D eigenvalue weighted by Crippen LogP contribution is 2.17. The summed E-state index contributed by atoms with van der Waals surface area (Å²) >= 11 is 9.29. The summed E-state index contributed by atoms with van der Waals surface area (Å²) in [6.07, 6.45) is 1.87. The second-order valence-electron chi connectivity index (χ2n) is 3.56. The second kappa shape index (κ2) is 5.43. The molecule has 0 radical (unpaired) electrons. The van der Waals surface area contributed by atoms with Crippen molar-refractivity contribution in [3.63, 3.8) is 0 Å². The third-order valence-corrected chi connectivity index (χ3v) is 3.07. The van der Waals surface area contributed by atoms with Crippen LogP contribution in [0.5, 0.6) is 0 Å². The molecule has 1 heterocycles. The summed E-state index contributed by atoms with van der Waals surface area (Å²) in [4.78, 5) is 16.0. The van der Waals surface area contributed by atoms with Gasteiger partial charge >= 0.3 is 0 Å². The predicted molar refractivity (Wildman–Crippen MR) is 71.4 cm³/mol. The number of halogens is 2. The number of carbonyl (C=O) groups excluding carboxylic acids is 1. The molecule has 0 aliphatic heterocycles. The zero-order chi connectivity index (χ0) is 12.3. The van der Waals surface area contributed by atoms with Gasteiger partial charge in [0.25, 0.3) is 0 Å². The Morgan fingerprint density at radius 3 is 2.82 bits per heavy atom. The van der Waals surface area contributed by atoms with E-state index >= 15 is 0 Å². The molecule has 2 aromatic rings. The van der Waals surface area contributed by atoms with E-state index in [4.69, 9.17) is 11.6 Å². The lowest BCUT2D eigenvalue weighted by Crippen LogP contribution is -2.06. The third-order valence-electron chi connectivity index (χ3n) is 2.28. The van der Waals surface area contributed by atoms with E-state index in [1.807, 2.05) is 24.3 Å². The summed E-state index contributed by atoms with van der Waals surface area (Å²) in [5.41, 5.74) is 1.26. The molecule has 0 bridgehead atoms. The zero-order valence-electron chi connectivity index (χ0n) is 8.86. The maximum atomic E-state index is 12.0. The van der Waals surface area contributed by atoms with Crippen molar-refractivity contribution in [2.75, 3.05) is 0 Å². The minimum Gasteiger partial charge on any atom is -0.292 e. The third kappa shape index (κ3) is 3.14. The number of hydrogen-bond donors (Lipinski definition) is 0. The Hall–Kier alpha value is -1.19. The fraction of sp³-hybridized carbons (Fsp3) is 0.0769. The first-order chi connectivity index (χ1) is 8.16. The number of aromatic nitrogens is 1. The molecule has 0 aliphatic carbocycles. The first-order valence-corrected chi connectivity index (χ1v) is 6.22. The van der Waals surface area contributed by atoms with Gasteiger partial charge in [-0.25, -0.2) is 0 Å². The number of ketones is 1. The van der Waals surface area contributed by atoms with Crippen molar-refractivity contribution in [3.05, 3.63) is 63.3 Å². The van der Waals surface area contributed by atoms with Crippen LogP contribution in [0.3, 0.4) is 0 Å². The molecule has 0 unspecified atom stereocenters. The topological polar surface area (TPSA) is 30.0 Å². The summed E-state index contributed by atoms with van der Waals surface area (Å²) in [7, 11) is 0. The summed E-state index contributed by atoms with van der Waals surface area (Å²) < 4.78 is 0.954. The Labute approximate surface area is 113 Å². The molecule has 2 rings (SSSR count). The quantitative estimate of drug-likeness (QED) is 0.804. The van der Waals surface area contributed by atoms with Crippen molar-refractivity contribution in [3.8, 4) is 0 Å². The average molecular weight is 311 g/mol. The molecule has 4 heteroatoms. The molecule has 0 spiro atoms. The molecule has 1 aromatic carbocycles. The predicted octanol–water partition coefficient (Wildman–Crippen LogP) is 3.92. The van der Waals surface area contributed by atoms with Crippen LogP contribution in [-0.4, -0.2) is 10.8 Å². The number of nitrogens with zero attached hydrogens (tertiary/aromatic N) is 1. The SMILES string of the molecule is O=C(Cc1cccc(Br)c1)c1ncccc1Cl. The van der Waals surface area contributed by atoms with Gasteiger partial charge in [-0.2, -0.15) is 0 Å². The fourth-order valence-corrected chi connectivity index (χ4v) is 2.18. The first kappa shape index (κ1) is 12.3. The highest BCUT2D eigenvalue weighted by atomic mass is 79.9. The van der Waals surface area contributed by atoms with Gasteiger partial charge in [-0.1, -0.05) is 39.7 Å². The van der Waals surface area contributed by atoms with E-state index in [0.717, 1.165) is 10.0 Å². The Bertz CT molecular complexity index is 557. The van der Waals surface area contributed by atoms with Crippen LogP contribution in [0.15, 0.2) is 47.1 Å². The number of Topliss-reactive ketones (excluding diaryl/α,β-unsaturated/α-hetero) is 1. The van der Waals surface area contributed by atoms with Crippen molar-refractivity contribution in [1.82, 2.24) is 4.98 Å². The highest BCUT2D eigenvalue weighted by Gasteiger charge is 2.12. The highest BCUT2D eigenvalue weighted by molar-refractivity contribution is 9.10. The second-order valence-corrected chi connectivity index (χ2v) is 4.89. The van der Waals surface area contributed by atoms with Gasteiger partial charge in [-0.05, 0) is 29.8 Å². The largest absolute Gasteiger partial charge is 0.292 e. The van der Waals surface area contributed by atoms with Gasteiger partial charge in [0, 0.05) is 17.1 Å². The van der Waals surface area contributed by atoms with Crippen LogP contribution in [0, 0.1) is 0 Å². The van der Waals surface area contributed by atoms with Crippen LogP contribution in [-0.2, 0) is 6.42 Å². The molecule has 0 fully saturated rings. The van der Waals surface area contributed by atoms with E-state index in [1.54, 1.807) is 18.3 Å². The Morgan fingerprint density at radius 2 is 2.12 bits per heavy atom. The number of pyridine rings is 1. The molecule has 0 saturated heterocycles. The number of carbonyl (C=O) groups is 1. The summed E-state index contributed by atoms with van der Waals surface area (Å²) in [6.45, 7) is 0. The van der Waals surface area contributed by atoms with E-state index in [1.165, 1.54) is 0 Å². The fourth-order valence-electron chi connectivity index (χ4n) is 1.51. The van der Waals surface area contributed by atoms with E-state index in [-0.39, 0.29) is 5.78 Å². The standard InChI is InChI=1S/C13H9BrClNO/c14-10-4-1-3-9(7-10)8-12(17)13-11(15)5-2-6-16-13/h1-7H,8H2. The Balaban J connectivity index is 2.20. The summed E-state index contributed by atoms with van der Waals surface area (Å²) in [5, 5.41) is 0.396. The monoisotopic (exact) mass is 309 g/mol. The summed E-state index contributed by atoms with van der Waals surface area (Å²) in [5.74, 6) is -0.0753. The number of hydrogen-bond acceptors (Lipinski definition) is 2. The van der Waals surface area contributed by atoms with E-state index in [2.05, 4.69) is 20.9 Å². The van der Waals surface area contributed by atoms with Crippen LogP contribution >= 0.6 is 27.5 Å². The zero-order valence-corrected chi connectivity index (χ0v) is 11.2. The normalized spacial score (nSPS) is 10.2. The maximum absolute atomic E-state index is 12.0. The van der Waals surface area contributed by atoms with E-state index in [9.17, 15) is 4.79 Å². The molecule has 2 nitrogen and oxygen atoms in total. The van der Waals surface area contributed by atoms with Crippen LogP contribution in [0.2, 0.25) is 5.02 Å². The van der Waals surface area contributed by atoms with Crippen LogP contribution in [0.4, 0.5) is 0 Å². The lowest BCUT2D eigenvalue weighted by atomic mass is 10.1. The van der Waals surface area contributed by atoms with Gasteiger partial charge in [-0.15, -0.1) is 0 Å². The van der Waals surface area contributed by atoms with Crippen molar-refractivity contribution in [1.29, 1.82) is 0 Å². The van der Waals surface area contributed by atoms with E-state index < -0.39 is 0 Å². The van der Waals surface area contributed by atoms with Crippen molar-refractivity contribution >= 4 is 33.3 Å². The average Bonchev–Trinajstić information content (AvgIpc) is 2.29. The minimum absolute atomic E-state index is 0.0753. The molecular formula is C13H9BrClNO. The molecule has 0 N–H and O–H groups in total. The van der Waals surface area contributed by atoms with Crippen molar-refractivity contribution in [2.45, 2.75) is 6.42 Å². The minimum atomic E-state index is -0.0753. The lowest BCUT2D eigenvalue weighted by molar-refractivity contribution is 0.0988. The number of benzene rings is 1. The van der Waals surface area contributed by atoms with Gasteiger partial charge in [-0.3, -0.25) is 9.78 Å². The van der Waals surface area contributed by atoms with Gasteiger partial charge in [0.15, 0.2) is 5.78 Å². The van der Waals surface area contributed by atoms with Crippen LogP contribution in [0.1, 0.15) is 16.1 Å². The molecule has 0 atom stereocenters. The number of rotatable bonds is 3. The van der Waals surface area contributed by atoms with Gasteiger partial charge in [0.1, 0.15) is 5.69 Å². The molecule has 1 aromatic heterocycles.